The molecule has 1 N–H and O–H groups in total. The number of benzene rings is 1. The number of piperazine rings is 1. The van der Waals surface area contributed by atoms with Gasteiger partial charge in [0, 0.05) is 57.5 Å². The van der Waals surface area contributed by atoms with E-state index in [-0.39, 0.29) is 50.1 Å². The van der Waals surface area contributed by atoms with Crippen molar-refractivity contribution in [2.24, 2.45) is 5.92 Å². The van der Waals surface area contributed by atoms with Gasteiger partial charge >= 0.3 is 0 Å². The normalized spacial score (nSPS) is 20.0. The molecule has 2 fully saturated rings. The van der Waals surface area contributed by atoms with Crippen LogP contribution >= 0.6 is 11.6 Å². The average molecular weight is 464 g/mol. The fourth-order valence-electron chi connectivity index (χ4n) is 4.01. The average Bonchev–Trinajstić information content (AvgIpc) is 2.74. The van der Waals surface area contributed by atoms with Crippen molar-refractivity contribution >= 4 is 23.4 Å². The molecule has 0 unspecified atom stereocenters. The predicted octanol–water partition coefficient (Wildman–Crippen LogP) is 3.59. The number of carbonyl (C=O) groups excluding carboxylic acids is 2. The molecule has 1 heterocycles. The van der Waals surface area contributed by atoms with E-state index in [1.165, 1.54) is 6.07 Å². The molecule has 1 aliphatic carbocycles. The summed E-state index contributed by atoms with van der Waals surface area (Å²) in [5.41, 5.74) is 0.291. The number of hydrogen-bond donors (Lipinski definition) is 1. The second-order valence-electron chi connectivity index (χ2n) is 8.27. The van der Waals surface area contributed by atoms with Crippen LogP contribution in [0.4, 0.5) is 17.6 Å². The van der Waals surface area contributed by atoms with Gasteiger partial charge in [0.05, 0.1) is 6.54 Å². The first-order chi connectivity index (χ1) is 14.6. The highest BCUT2D eigenvalue weighted by Crippen LogP contribution is 2.37. The minimum absolute atomic E-state index is 0.0707. The zero-order chi connectivity index (χ0) is 22.6. The molecular formula is C21H26ClF4N3O2. The molecule has 172 valence electrons. The summed E-state index contributed by atoms with van der Waals surface area (Å²) in [4.78, 5) is 28.0. The van der Waals surface area contributed by atoms with Crippen molar-refractivity contribution in [3.05, 3.63) is 34.4 Å². The van der Waals surface area contributed by atoms with E-state index in [9.17, 15) is 27.2 Å². The lowest BCUT2D eigenvalue weighted by molar-refractivity contribution is -0.134. The highest BCUT2D eigenvalue weighted by molar-refractivity contribution is 6.30. The minimum Gasteiger partial charge on any atom is -0.347 e. The van der Waals surface area contributed by atoms with Gasteiger partial charge in [-0.1, -0.05) is 17.7 Å². The number of halogens is 5. The van der Waals surface area contributed by atoms with E-state index in [0.29, 0.717) is 44.6 Å². The Balaban J connectivity index is 1.37. The maximum Gasteiger partial charge on any atom is 0.248 e. The summed E-state index contributed by atoms with van der Waals surface area (Å²) >= 11 is 5.61. The Morgan fingerprint density at radius 2 is 1.74 bits per heavy atom. The Morgan fingerprint density at radius 3 is 2.39 bits per heavy atom. The number of rotatable bonds is 6. The molecule has 1 saturated carbocycles. The lowest BCUT2D eigenvalue weighted by atomic mass is 9.84. The number of hydrogen-bond acceptors (Lipinski definition) is 3. The van der Waals surface area contributed by atoms with Crippen LogP contribution in [0.25, 0.3) is 0 Å². The Morgan fingerprint density at radius 1 is 1.10 bits per heavy atom. The van der Waals surface area contributed by atoms with Crippen molar-refractivity contribution in [2.45, 2.75) is 44.6 Å². The molecule has 0 bridgehead atoms. The van der Waals surface area contributed by atoms with Crippen molar-refractivity contribution in [1.29, 1.82) is 0 Å². The Kier molecular flexibility index (Phi) is 7.80. The molecule has 1 aromatic carbocycles. The van der Waals surface area contributed by atoms with Crippen molar-refractivity contribution in [3.63, 3.8) is 0 Å². The topological polar surface area (TPSA) is 52.7 Å². The molecule has 0 atom stereocenters. The summed E-state index contributed by atoms with van der Waals surface area (Å²) in [5.74, 6) is -4.80. The smallest absolute Gasteiger partial charge is 0.248 e. The van der Waals surface area contributed by atoms with E-state index in [1.807, 2.05) is 4.90 Å². The van der Waals surface area contributed by atoms with Gasteiger partial charge in [0.1, 0.15) is 16.7 Å². The highest BCUT2D eigenvalue weighted by atomic mass is 35.5. The van der Waals surface area contributed by atoms with E-state index in [0.717, 1.165) is 6.07 Å². The number of nitrogens with one attached hydrogen (secondary N) is 1. The first-order valence-electron chi connectivity index (χ1n) is 10.4. The maximum absolute atomic E-state index is 14.1. The van der Waals surface area contributed by atoms with Crippen LogP contribution in [0.3, 0.4) is 0 Å². The molecule has 31 heavy (non-hydrogen) atoms. The van der Waals surface area contributed by atoms with Crippen LogP contribution in [0.2, 0.25) is 5.02 Å². The summed E-state index contributed by atoms with van der Waals surface area (Å²) in [5, 5.41) is 2.06. The van der Waals surface area contributed by atoms with Crippen molar-refractivity contribution in [1.82, 2.24) is 15.1 Å². The Hall–Kier alpha value is -1.87. The van der Waals surface area contributed by atoms with Gasteiger partial charge in [-0.15, -0.1) is 0 Å². The summed E-state index contributed by atoms with van der Waals surface area (Å²) in [6.07, 6.45) is 0.402. The van der Waals surface area contributed by atoms with Gasteiger partial charge in [-0.2, -0.15) is 0 Å². The third-order valence-corrected chi connectivity index (χ3v) is 6.33. The van der Waals surface area contributed by atoms with Gasteiger partial charge in [0.15, 0.2) is 0 Å². The van der Waals surface area contributed by atoms with Crippen molar-refractivity contribution in [2.75, 3.05) is 32.7 Å². The fraction of sp³-hybridized carbons (Fsp3) is 0.619. The van der Waals surface area contributed by atoms with Crippen molar-refractivity contribution in [3.8, 4) is 0 Å². The van der Waals surface area contributed by atoms with Crippen LogP contribution < -0.4 is 5.32 Å². The quantitative estimate of drug-likeness (QED) is 0.518. The Labute approximate surface area is 183 Å². The van der Waals surface area contributed by atoms with Crippen LogP contribution in [-0.2, 0) is 16.1 Å². The SMILES string of the molecule is O=C(CC1CCC(F)(F)CC1)NCC(=O)N1CCN(Cc2ccc(F)c(Cl)c2F)CC1. The summed E-state index contributed by atoms with van der Waals surface area (Å²) in [6, 6.07) is 2.49. The van der Waals surface area contributed by atoms with Gasteiger partial charge in [-0.05, 0) is 24.8 Å². The van der Waals surface area contributed by atoms with Crippen LogP contribution in [0, 0.1) is 17.6 Å². The zero-order valence-electron chi connectivity index (χ0n) is 17.1. The molecule has 0 aromatic heterocycles. The second kappa shape index (κ2) is 10.2. The monoisotopic (exact) mass is 463 g/mol. The van der Waals surface area contributed by atoms with Crippen LogP contribution in [0.5, 0.6) is 0 Å². The van der Waals surface area contributed by atoms with E-state index in [4.69, 9.17) is 11.6 Å². The largest absolute Gasteiger partial charge is 0.347 e. The molecule has 2 aliphatic rings. The summed E-state index contributed by atoms with van der Waals surface area (Å²) in [6.45, 7) is 1.97. The lowest BCUT2D eigenvalue weighted by Crippen LogP contribution is -2.51. The number of carbonyl (C=O) groups is 2. The van der Waals surface area contributed by atoms with E-state index in [2.05, 4.69) is 5.32 Å². The molecule has 10 heteroatoms. The van der Waals surface area contributed by atoms with Gasteiger partial charge in [-0.25, -0.2) is 17.6 Å². The van der Waals surface area contributed by atoms with Gasteiger partial charge in [-0.3, -0.25) is 14.5 Å². The summed E-state index contributed by atoms with van der Waals surface area (Å²) < 4.78 is 53.7. The second-order valence-corrected chi connectivity index (χ2v) is 8.65. The minimum atomic E-state index is -2.63. The molecule has 1 aromatic rings. The predicted molar refractivity (Wildman–Crippen MR) is 108 cm³/mol. The molecule has 0 radical (unpaired) electrons. The third-order valence-electron chi connectivity index (χ3n) is 5.98. The molecule has 0 spiro atoms. The fourth-order valence-corrected chi connectivity index (χ4v) is 4.19. The molecule has 2 amide bonds. The third kappa shape index (κ3) is 6.55. The molecule has 5 nitrogen and oxygen atoms in total. The molecule has 1 aliphatic heterocycles. The van der Waals surface area contributed by atoms with Crippen molar-refractivity contribution < 1.29 is 27.2 Å². The van der Waals surface area contributed by atoms with Gasteiger partial charge in [0.25, 0.3) is 0 Å². The Bertz CT molecular complexity index is 806. The first kappa shape index (κ1) is 23.8. The van der Waals surface area contributed by atoms with Gasteiger partial charge in [0.2, 0.25) is 17.7 Å². The van der Waals surface area contributed by atoms with E-state index in [1.54, 1.807) is 4.90 Å². The zero-order valence-corrected chi connectivity index (χ0v) is 17.9. The molecule has 1 saturated heterocycles. The van der Waals surface area contributed by atoms with Crippen LogP contribution in [0.15, 0.2) is 12.1 Å². The number of alkyl halides is 2. The first-order valence-corrected chi connectivity index (χ1v) is 10.8. The van der Waals surface area contributed by atoms with Crippen LogP contribution in [-0.4, -0.2) is 60.3 Å². The number of amides is 2. The van der Waals surface area contributed by atoms with Gasteiger partial charge < -0.3 is 10.2 Å². The van der Waals surface area contributed by atoms with E-state index < -0.39 is 22.6 Å². The number of nitrogens with zero attached hydrogens (tertiary/aromatic N) is 2. The lowest BCUT2D eigenvalue weighted by Gasteiger charge is -2.35. The molecule has 3 rings (SSSR count). The maximum atomic E-state index is 14.1. The van der Waals surface area contributed by atoms with Crippen LogP contribution in [0.1, 0.15) is 37.7 Å². The summed E-state index contributed by atoms with van der Waals surface area (Å²) in [7, 11) is 0. The standard InChI is InChI=1S/C21H26ClF4N3O2/c22-19-16(23)2-1-15(20(19)24)13-28-7-9-29(10-8-28)18(31)12-27-17(30)11-14-3-5-21(25,26)6-4-14/h1-2,14H,3-13H2,(H,27,30). The molecular weight excluding hydrogens is 438 g/mol. The highest BCUT2D eigenvalue weighted by Gasteiger charge is 2.35. The van der Waals surface area contributed by atoms with E-state index >= 15 is 0 Å².